The van der Waals surface area contributed by atoms with Crippen LogP contribution in [0.15, 0.2) is 20.1 Å². The first-order chi connectivity index (χ1) is 8.84. The topological polar surface area (TPSA) is 83.9 Å². The van der Waals surface area contributed by atoms with Gasteiger partial charge in [0.1, 0.15) is 4.21 Å². The number of carboxylic acid groups (broad SMARTS) is 1. The van der Waals surface area contributed by atoms with E-state index in [2.05, 4.69) is 15.9 Å². The van der Waals surface area contributed by atoms with Crippen LogP contribution in [-0.2, 0) is 19.6 Å². The molecule has 1 N–H and O–H groups in total. The van der Waals surface area contributed by atoms with Crippen LogP contribution < -0.4 is 0 Å². The molecule has 1 saturated heterocycles. The van der Waals surface area contributed by atoms with Crippen LogP contribution >= 0.6 is 27.3 Å². The van der Waals surface area contributed by atoms with E-state index in [1.807, 2.05) is 0 Å². The highest BCUT2D eigenvalue weighted by Crippen LogP contribution is 2.31. The number of hydrogen-bond acceptors (Lipinski definition) is 5. The van der Waals surface area contributed by atoms with Crippen molar-refractivity contribution in [3.8, 4) is 0 Å². The molecule has 0 saturated carbocycles. The Kier molecular flexibility index (Phi) is 4.31. The molecule has 1 aliphatic rings. The van der Waals surface area contributed by atoms with Gasteiger partial charge in [-0.3, -0.25) is 4.79 Å². The Morgan fingerprint density at radius 2 is 2.21 bits per heavy atom. The van der Waals surface area contributed by atoms with Crippen LogP contribution in [0.3, 0.4) is 0 Å². The summed E-state index contributed by atoms with van der Waals surface area (Å²) in [6.45, 7) is 0.132. The van der Waals surface area contributed by atoms with Gasteiger partial charge in [-0.25, -0.2) is 8.42 Å². The van der Waals surface area contributed by atoms with Gasteiger partial charge >= 0.3 is 5.97 Å². The van der Waals surface area contributed by atoms with Crippen LogP contribution in [0.1, 0.15) is 0 Å². The van der Waals surface area contributed by atoms with Crippen molar-refractivity contribution in [2.24, 2.45) is 5.92 Å². The van der Waals surface area contributed by atoms with E-state index in [1.54, 1.807) is 6.07 Å². The lowest BCUT2D eigenvalue weighted by Crippen LogP contribution is -2.43. The van der Waals surface area contributed by atoms with Crippen molar-refractivity contribution in [1.82, 2.24) is 4.31 Å². The number of thiophene rings is 1. The molecular weight excluding hydrogens is 358 g/mol. The van der Waals surface area contributed by atoms with Crippen LogP contribution in [0.2, 0.25) is 0 Å². The van der Waals surface area contributed by atoms with E-state index in [1.165, 1.54) is 13.1 Å². The van der Waals surface area contributed by atoms with Crippen LogP contribution in [0.4, 0.5) is 0 Å². The van der Waals surface area contributed by atoms with Gasteiger partial charge in [-0.05, 0) is 28.1 Å². The Bertz CT molecular complexity index is 584. The SMILES string of the molecule is CN(C1COCC1C(=O)O)S(=O)(=O)c1ccc(Br)s1. The molecule has 1 fully saturated rings. The summed E-state index contributed by atoms with van der Waals surface area (Å²) in [7, 11) is -2.30. The van der Waals surface area contributed by atoms with E-state index in [0.29, 0.717) is 3.79 Å². The summed E-state index contributed by atoms with van der Waals surface area (Å²) in [4.78, 5) is 11.1. The van der Waals surface area contributed by atoms with Crippen molar-refractivity contribution in [1.29, 1.82) is 0 Å². The first kappa shape index (κ1) is 14.9. The van der Waals surface area contributed by atoms with Gasteiger partial charge in [0.2, 0.25) is 0 Å². The fraction of sp³-hybridized carbons (Fsp3) is 0.500. The highest BCUT2D eigenvalue weighted by Gasteiger charge is 2.41. The molecule has 1 aromatic heterocycles. The van der Waals surface area contributed by atoms with E-state index < -0.39 is 28.0 Å². The van der Waals surface area contributed by atoms with Gasteiger partial charge in [-0.2, -0.15) is 4.31 Å². The van der Waals surface area contributed by atoms with Crippen molar-refractivity contribution in [3.63, 3.8) is 0 Å². The summed E-state index contributed by atoms with van der Waals surface area (Å²) < 4.78 is 31.8. The highest BCUT2D eigenvalue weighted by molar-refractivity contribution is 9.11. The zero-order chi connectivity index (χ0) is 14.2. The molecule has 2 heterocycles. The Hall–Kier alpha value is -0.480. The standard InChI is InChI=1S/C10H12BrNO5S2/c1-12(7-5-17-4-6(7)10(13)14)19(15,16)9-3-2-8(11)18-9/h2-3,6-7H,4-5H2,1H3,(H,13,14). The number of carboxylic acids is 1. The number of nitrogens with zero attached hydrogens (tertiary/aromatic N) is 1. The van der Waals surface area contributed by atoms with E-state index in [-0.39, 0.29) is 17.4 Å². The monoisotopic (exact) mass is 369 g/mol. The number of aliphatic carboxylic acids is 1. The molecule has 0 radical (unpaired) electrons. The van der Waals surface area contributed by atoms with Crippen LogP contribution in [0, 0.1) is 5.92 Å². The van der Waals surface area contributed by atoms with E-state index in [4.69, 9.17) is 9.84 Å². The van der Waals surface area contributed by atoms with Crippen LogP contribution in [0.5, 0.6) is 0 Å². The number of sulfonamides is 1. The van der Waals surface area contributed by atoms with Crippen molar-refractivity contribution >= 4 is 43.3 Å². The van der Waals surface area contributed by atoms with E-state index >= 15 is 0 Å². The maximum Gasteiger partial charge on any atom is 0.310 e. The third kappa shape index (κ3) is 2.84. The first-order valence-corrected chi connectivity index (χ1v) is 8.43. The summed E-state index contributed by atoms with van der Waals surface area (Å²) >= 11 is 4.30. The molecule has 2 rings (SSSR count). The zero-order valence-electron chi connectivity index (χ0n) is 9.95. The maximum absolute atomic E-state index is 12.4. The summed E-state index contributed by atoms with van der Waals surface area (Å²) in [6, 6.07) is 2.46. The lowest BCUT2D eigenvalue weighted by molar-refractivity contribution is -0.142. The Labute approximate surface area is 123 Å². The summed E-state index contributed by atoms with van der Waals surface area (Å²) in [5, 5.41) is 9.07. The molecule has 9 heteroatoms. The van der Waals surface area contributed by atoms with E-state index in [0.717, 1.165) is 15.6 Å². The van der Waals surface area contributed by atoms with Gasteiger partial charge in [0.05, 0.1) is 29.0 Å². The Morgan fingerprint density at radius 3 is 2.74 bits per heavy atom. The number of hydrogen-bond donors (Lipinski definition) is 1. The third-order valence-electron chi connectivity index (χ3n) is 3.02. The molecule has 1 aromatic rings. The first-order valence-electron chi connectivity index (χ1n) is 5.38. The zero-order valence-corrected chi connectivity index (χ0v) is 13.2. The van der Waals surface area contributed by atoms with Crippen molar-refractivity contribution in [2.45, 2.75) is 10.3 Å². The molecule has 0 bridgehead atoms. The molecule has 2 unspecified atom stereocenters. The van der Waals surface area contributed by atoms with Crippen molar-refractivity contribution in [3.05, 3.63) is 15.9 Å². The van der Waals surface area contributed by atoms with Gasteiger partial charge in [-0.1, -0.05) is 0 Å². The van der Waals surface area contributed by atoms with Crippen LogP contribution in [-0.4, -0.2) is 50.1 Å². The van der Waals surface area contributed by atoms with Gasteiger partial charge in [-0.15, -0.1) is 11.3 Å². The predicted molar refractivity (Wildman–Crippen MR) is 72.7 cm³/mol. The van der Waals surface area contributed by atoms with Gasteiger partial charge in [0.15, 0.2) is 0 Å². The second-order valence-electron chi connectivity index (χ2n) is 4.13. The highest BCUT2D eigenvalue weighted by atomic mass is 79.9. The Balaban J connectivity index is 2.28. The second kappa shape index (κ2) is 5.49. The number of likely N-dealkylation sites (N-methyl/N-ethyl adjacent to an activating group) is 1. The second-order valence-corrected chi connectivity index (χ2v) is 8.82. The van der Waals surface area contributed by atoms with Gasteiger partial charge in [0, 0.05) is 7.05 Å². The molecule has 0 spiro atoms. The lowest BCUT2D eigenvalue weighted by atomic mass is 10.1. The predicted octanol–water partition coefficient (Wildman–Crippen LogP) is 1.23. The minimum absolute atomic E-state index is 0.0357. The average Bonchev–Trinajstić information content (AvgIpc) is 2.95. The van der Waals surface area contributed by atoms with Gasteiger partial charge < -0.3 is 9.84 Å². The number of rotatable bonds is 4. The van der Waals surface area contributed by atoms with Crippen LogP contribution in [0.25, 0.3) is 0 Å². The molecule has 106 valence electrons. The smallest absolute Gasteiger partial charge is 0.310 e. The number of carbonyl (C=O) groups is 1. The summed E-state index contributed by atoms with van der Waals surface area (Å²) in [5.74, 6) is -1.87. The number of halogens is 1. The van der Waals surface area contributed by atoms with Gasteiger partial charge in [0.25, 0.3) is 10.0 Å². The molecule has 6 nitrogen and oxygen atoms in total. The molecule has 0 aliphatic carbocycles. The largest absolute Gasteiger partial charge is 0.481 e. The fourth-order valence-electron chi connectivity index (χ4n) is 1.89. The molecule has 0 aromatic carbocycles. The number of ether oxygens (including phenoxy) is 1. The average molecular weight is 370 g/mol. The van der Waals surface area contributed by atoms with Crippen molar-refractivity contribution in [2.75, 3.05) is 20.3 Å². The Morgan fingerprint density at radius 1 is 1.53 bits per heavy atom. The molecule has 19 heavy (non-hydrogen) atoms. The summed E-state index contributed by atoms with van der Waals surface area (Å²) in [6.07, 6.45) is 0. The minimum Gasteiger partial charge on any atom is -0.481 e. The molecule has 1 aliphatic heterocycles. The summed E-state index contributed by atoms with van der Waals surface area (Å²) in [5.41, 5.74) is 0. The van der Waals surface area contributed by atoms with Crippen molar-refractivity contribution < 1.29 is 23.1 Å². The fourth-order valence-corrected chi connectivity index (χ4v) is 5.47. The van der Waals surface area contributed by atoms with E-state index in [9.17, 15) is 13.2 Å². The third-order valence-corrected chi connectivity index (χ3v) is 6.99. The molecule has 0 amide bonds. The normalized spacial score (nSPS) is 23.9. The lowest BCUT2D eigenvalue weighted by Gasteiger charge is -2.24. The minimum atomic E-state index is -3.69. The maximum atomic E-state index is 12.4. The molecule has 2 atom stereocenters. The quantitative estimate of drug-likeness (QED) is 0.862. The molecular formula is C10H12BrNO5S2.